The summed E-state index contributed by atoms with van der Waals surface area (Å²) in [5.74, 6) is 0.797. The Morgan fingerprint density at radius 1 is 1.14 bits per heavy atom. The molecule has 2 N–H and O–H groups in total. The van der Waals surface area contributed by atoms with Crippen LogP contribution < -0.4 is 10.1 Å². The number of aliphatic hydroxyl groups excluding tert-OH is 1. The van der Waals surface area contributed by atoms with E-state index in [1.54, 1.807) is 12.1 Å². The summed E-state index contributed by atoms with van der Waals surface area (Å²) >= 11 is 0. The van der Waals surface area contributed by atoms with Gasteiger partial charge in [0.25, 0.3) is 0 Å². The number of aliphatic hydroxyl groups is 1. The van der Waals surface area contributed by atoms with Crippen molar-refractivity contribution in [2.45, 2.75) is 20.1 Å². The fourth-order valence-electron chi connectivity index (χ4n) is 2.02. The van der Waals surface area contributed by atoms with E-state index in [0.717, 1.165) is 30.0 Å². The third-order valence-electron chi connectivity index (χ3n) is 3.35. The van der Waals surface area contributed by atoms with Crippen LogP contribution in [0.4, 0.5) is 4.39 Å². The lowest BCUT2D eigenvalue weighted by molar-refractivity contribution is 0.233. The second-order valence-electron chi connectivity index (χ2n) is 5.48. The van der Waals surface area contributed by atoms with Crippen molar-refractivity contribution in [1.29, 1.82) is 0 Å². The van der Waals surface area contributed by atoms with E-state index in [9.17, 15) is 4.39 Å². The maximum atomic E-state index is 12.8. The van der Waals surface area contributed by atoms with Crippen molar-refractivity contribution in [1.82, 2.24) is 5.32 Å². The first-order chi connectivity index (χ1) is 10.7. The van der Waals surface area contributed by atoms with E-state index in [1.807, 2.05) is 31.2 Å². The fourth-order valence-corrected chi connectivity index (χ4v) is 2.02. The molecule has 0 aliphatic carbocycles. The number of ether oxygens (including phenoxy) is 1. The first-order valence-corrected chi connectivity index (χ1v) is 7.45. The minimum absolute atomic E-state index is 0.188. The molecule has 3 nitrogen and oxygen atoms in total. The molecule has 0 heterocycles. The average Bonchev–Trinajstić information content (AvgIpc) is 2.54. The van der Waals surface area contributed by atoms with E-state index >= 15 is 0 Å². The third-order valence-corrected chi connectivity index (χ3v) is 3.35. The Morgan fingerprint density at radius 2 is 1.91 bits per heavy atom. The zero-order valence-corrected chi connectivity index (χ0v) is 12.8. The van der Waals surface area contributed by atoms with Gasteiger partial charge in [-0.05, 0) is 41.3 Å². The van der Waals surface area contributed by atoms with Gasteiger partial charge in [0.05, 0.1) is 0 Å². The van der Waals surface area contributed by atoms with Crippen LogP contribution in [0.3, 0.4) is 0 Å². The molecule has 118 valence electrons. The molecule has 0 aromatic heterocycles. The molecule has 0 fully saturated rings. The summed E-state index contributed by atoms with van der Waals surface area (Å²) in [5.41, 5.74) is 2.06. The van der Waals surface area contributed by atoms with Crippen molar-refractivity contribution >= 4 is 0 Å². The average molecular weight is 303 g/mol. The molecule has 1 atom stereocenters. The van der Waals surface area contributed by atoms with Gasteiger partial charge in [0, 0.05) is 19.7 Å². The van der Waals surface area contributed by atoms with Crippen LogP contribution in [0, 0.1) is 11.7 Å². The van der Waals surface area contributed by atoms with Crippen molar-refractivity contribution < 1.29 is 14.2 Å². The predicted molar refractivity (Wildman–Crippen MR) is 85.1 cm³/mol. The van der Waals surface area contributed by atoms with Gasteiger partial charge in [0.2, 0.25) is 0 Å². The van der Waals surface area contributed by atoms with Crippen LogP contribution in [0.15, 0.2) is 48.5 Å². The van der Waals surface area contributed by atoms with E-state index in [1.165, 1.54) is 12.1 Å². The molecule has 4 heteroatoms. The first-order valence-electron chi connectivity index (χ1n) is 7.45. The Hall–Kier alpha value is -1.91. The Morgan fingerprint density at radius 3 is 2.64 bits per heavy atom. The molecule has 0 saturated heterocycles. The van der Waals surface area contributed by atoms with Gasteiger partial charge in [0.1, 0.15) is 18.2 Å². The quantitative estimate of drug-likeness (QED) is 0.787. The van der Waals surface area contributed by atoms with Crippen molar-refractivity contribution in [2.75, 3.05) is 13.2 Å². The maximum Gasteiger partial charge on any atom is 0.123 e. The Bertz CT molecular complexity index is 572. The molecular weight excluding hydrogens is 281 g/mol. The largest absolute Gasteiger partial charge is 0.489 e. The minimum Gasteiger partial charge on any atom is -0.489 e. The van der Waals surface area contributed by atoms with E-state index in [2.05, 4.69) is 5.32 Å². The fraction of sp³-hybridized carbons (Fsp3) is 0.333. The summed E-state index contributed by atoms with van der Waals surface area (Å²) in [6.07, 6.45) is 0. The molecule has 1 unspecified atom stereocenters. The highest BCUT2D eigenvalue weighted by atomic mass is 19.1. The third kappa shape index (κ3) is 5.47. The smallest absolute Gasteiger partial charge is 0.123 e. The lowest BCUT2D eigenvalue weighted by atomic mass is 10.2. The monoisotopic (exact) mass is 303 g/mol. The SMILES string of the molecule is CC(CO)CNCc1cccc(OCc2ccc(F)cc2)c1. The number of rotatable bonds is 8. The number of hydrogen-bond donors (Lipinski definition) is 2. The van der Waals surface area contributed by atoms with Gasteiger partial charge in [-0.1, -0.05) is 31.2 Å². The molecule has 0 saturated carbocycles. The normalized spacial score (nSPS) is 12.1. The summed E-state index contributed by atoms with van der Waals surface area (Å²) in [4.78, 5) is 0. The molecule has 2 aromatic rings. The molecule has 0 bridgehead atoms. The van der Waals surface area contributed by atoms with Crippen molar-refractivity contribution in [3.8, 4) is 5.75 Å². The van der Waals surface area contributed by atoms with Gasteiger partial charge in [-0.25, -0.2) is 4.39 Å². The van der Waals surface area contributed by atoms with Crippen LogP contribution in [0.1, 0.15) is 18.1 Å². The van der Waals surface area contributed by atoms with Crippen molar-refractivity contribution in [3.63, 3.8) is 0 Å². The molecule has 2 aromatic carbocycles. The number of nitrogens with one attached hydrogen (secondary N) is 1. The highest BCUT2D eigenvalue weighted by molar-refractivity contribution is 5.29. The molecule has 0 spiro atoms. The summed E-state index contributed by atoms with van der Waals surface area (Å²) in [7, 11) is 0. The van der Waals surface area contributed by atoms with E-state index < -0.39 is 0 Å². The summed E-state index contributed by atoms with van der Waals surface area (Å²) in [6.45, 7) is 4.11. The lowest BCUT2D eigenvalue weighted by Crippen LogP contribution is -2.22. The van der Waals surface area contributed by atoms with Crippen LogP contribution in [0.25, 0.3) is 0 Å². The van der Waals surface area contributed by atoms with Gasteiger partial charge in [-0.15, -0.1) is 0 Å². The van der Waals surface area contributed by atoms with E-state index in [4.69, 9.17) is 9.84 Å². The van der Waals surface area contributed by atoms with Crippen molar-refractivity contribution in [2.24, 2.45) is 5.92 Å². The minimum atomic E-state index is -0.242. The molecule has 2 rings (SSSR count). The molecule has 22 heavy (non-hydrogen) atoms. The topological polar surface area (TPSA) is 41.5 Å². The zero-order chi connectivity index (χ0) is 15.8. The second-order valence-corrected chi connectivity index (χ2v) is 5.48. The Balaban J connectivity index is 1.84. The maximum absolute atomic E-state index is 12.8. The highest BCUT2D eigenvalue weighted by Crippen LogP contribution is 2.15. The Kier molecular flexibility index (Phi) is 6.37. The predicted octanol–water partition coefficient (Wildman–Crippen LogP) is 3.12. The van der Waals surface area contributed by atoms with Crippen LogP contribution in [-0.2, 0) is 13.2 Å². The molecular formula is C18H22FNO2. The second kappa shape index (κ2) is 8.51. The van der Waals surface area contributed by atoms with Gasteiger partial charge in [0.15, 0.2) is 0 Å². The van der Waals surface area contributed by atoms with Crippen LogP contribution in [0.2, 0.25) is 0 Å². The van der Waals surface area contributed by atoms with Crippen LogP contribution in [0.5, 0.6) is 5.75 Å². The molecule has 0 aliphatic heterocycles. The number of hydrogen-bond acceptors (Lipinski definition) is 3. The first kappa shape index (κ1) is 16.5. The van der Waals surface area contributed by atoms with Gasteiger partial charge < -0.3 is 15.2 Å². The van der Waals surface area contributed by atoms with E-state index in [-0.39, 0.29) is 18.3 Å². The molecule has 0 aliphatic rings. The van der Waals surface area contributed by atoms with Crippen molar-refractivity contribution in [3.05, 3.63) is 65.5 Å². The molecule has 0 amide bonds. The summed E-state index contributed by atoms with van der Waals surface area (Å²) in [5, 5.41) is 12.3. The van der Waals surface area contributed by atoms with Crippen LogP contribution in [-0.4, -0.2) is 18.3 Å². The number of benzene rings is 2. The lowest BCUT2D eigenvalue weighted by Gasteiger charge is -2.11. The van der Waals surface area contributed by atoms with Gasteiger partial charge in [-0.2, -0.15) is 0 Å². The summed E-state index contributed by atoms with van der Waals surface area (Å²) < 4.78 is 18.6. The zero-order valence-electron chi connectivity index (χ0n) is 12.8. The van der Waals surface area contributed by atoms with E-state index in [0.29, 0.717) is 6.61 Å². The Labute approximate surface area is 130 Å². The highest BCUT2D eigenvalue weighted by Gasteiger charge is 2.01. The standard InChI is InChI=1S/C18H22FNO2/c1-14(12-21)10-20-11-16-3-2-4-18(9-16)22-13-15-5-7-17(19)8-6-15/h2-9,14,20-21H,10-13H2,1H3. The summed E-state index contributed by atoms with van der Waals surface area (Å²) in [6, 6.07) is 14.2. The number of halogens is 1. The molecule has 0 radical (unpaired) electrons. The van der Waals surface area contributed by atoms with Gasteiger partial charge >= 0.3 is 0 Å². The van der Waals surface area contributed by atoms with Crippen LogP contribution >= 0.6 is 0 Å². The van der Waals surface area contributed by atoms with Gasteiger partial charge in [-0.3, -0.25) is 0 Å².